The Hall–Kier alpha value is -1.30. The van der Waals surface area contributed by atoms with E-state index in [0.717, 1.165) is 32.5 Å². The van der Waals surface area contributed by atoms with Gasteiger partial charge in [-0.1, -0.05) is 0 Å². The summed E-state index contributed by atoms with van der Waals surface area (Å²) in [5.74, 6) is -0.354. The van der Waals surface area contributed by atoms with Gasteiger partial charge in [-0.15, -0.1) is 0 Å². The molecule has 0 bridgehead atoms. The van der Waals surface area contributed by atoms with E-state index in [2.05, 4.69) is 17.3 Å². The van der Waals surface area contributed by atoms with E-state index in [-0.39, 0.29) is 18.5 Å². The molecule has 110 valence electrons. The highest BCUT2D eigenvalue weighted by Gasteiger charge is 2.21. The fourth-order valence-corrected chi connectivity index (χ4v) is 2.35. The predicted octanol–water partition coefficient (Wildman–Crippen LogP) is 0.833. The van der Waals surface area contributed by atoms with Gasteiger partial charge in [-0.2, -0.15) is 0 Å². The summed E-state index contributed by atoms with van der Waals surface area (Å²) in [6.07, 6.45) is 2.17. The minimum atomic E-state index is -0.897. The van der Waals surface area contributed by atoms with Gasteiger partial charge in [0.15, 0.2) is 0 Å². The van der Waals surface area contributed by atoms with E-state index in [4.69, 9.17) is 5.11 Å². The number of amides is 2. The maximum absolute atomic E-state index is 11.9. The van der Waals surface area contributed by atoms with Crippen molar-refractivity contribution in [3.05, 3.63) is 0 Å². The molecule has 6 heteroatoms. The Morgan fingerprint density at radius 1 is 1.42 bits per heavy atom. The second-order valence-corrected chi connectivity index (χ2v) is 5.58. The van der Waals surface area contributed by atoms with Crippen LogP contribution < -0.4 is 5.32 Å². The zero-order chi connectivity index (χ0) is 14.4. The second-order valence-electron chi connectivity index (χ2n) is 5.58. The lowest BCUT2D eigenvalue weighted by atomic mass is 9.97. The average Bonchev–Trinajstić information content (AvgIpc) is 2.30. The predicted molar refractivity (Wildman–Crippen MR) is 73.1 cm³/mol. The monoisotopic (exact) mass is 271 g/mol. The van der Waals surface area contributed by atoms with Gasteiger partial charge in [0.2, 0.25) is 0 Å². The summed E-state index contributed by atoms with van der Waals surface area (Å²) in [7, 11) is 3.88. The Bertz CT molecular complexity index is 314. The van der Waals surface area contributed by atoms with E-state index in [0.29, 0.717) is 5.92 Å². The molecule has 1 heterocycles. The largest absolute Gasteiger partial charge is 0.481 e. The Balaban J connectivity index is 2.30. The van der Waals surface area contributed by atoms with Crippen molar-refractivity contribution < 1.29 is 14.7 Å². The highest BCUT2D eigenvalue weighted by molar-refractivity contribution is 5.75. The van der Waals surface area contributed by atoms with Crippen LogP contribution in [0.3, 0.4) is 0 Å². The molecular weight excluding hydrogens is 246 g/mol. The van der Waals surface area contributed by atoms with Gasteiger partial charge in [-0.25, -0.2) is 4.79 Å². The minimum absolute atomic E-state index is 0.0478. The van der Waals surface area contributed by atoms with Gasteiger partial charge in [0.05, 0.1) is 6.42 Å². The number of nitrogens with zero attached hydrogens (tertiary/aromatic N) is 2. The van der Waals surface area contributed by atoms with Crippen molar-refractivity contribution in [2.75, 3.05) is 33.7 Å². The summed E-state index contributed by atoms with van der Waals surface area (Å²) in [5.41, 5.74) is 0. The number of nitrogens with one attached hydrogen (secondary N) is 1. The van der Waals surface area contributed by atoms with Gasteiger partial charge in [0.25, 0.3) is 0 Å². The molecule has 1 saturated heterocycles. The fraction of sp³-hybridized carbons (Fsp3) is 0.846. The van der Waals surface area contributed by atoms with Crippen molar-refractivity contribution in [3.8, 4) is 0 Å². The van der Waals surface area contributed by atoms with Gasteiger partial charge in [-0.05, 0) is 45.8 Å². The molecule has 1 fully saturated rings. The first kappa shape index (κ1) is 15.8. The third-order valence-electron chi connectivity index (χ3n) is 3.57. The van der Waals surface area contributed by atoms with Crippen molar-refractivity contribution in [1.82, 2.24) is 15.1 Å². The molecule has 2 N–H and O–H groups in total. The number of rotatable bonds is 5. The maximum Gasteiger partial charge on any atom is 0.317 e. The quantitative estimate of drug-likeness (QED) is 0.777. The van der Waals surface area contributed by atoms with E-state index in [1.165, 1.54) is 0 Å². The van der Waals surface area contributed by atoms with E-state index < -0.39 is 5.97 Å². The summed E-state index contributed by atoms with van der Waals surface area (Å²) in [4.78, 5) is 26.4. The first-order chi connectivity index (χ1) is 8.88. The topological polar surface area (TPSA) is 72.9 Å². The summed E-state index contributed by atoms with van der Waals surface area (Å²) in [6, 6.07) is -0.530. The molecule has 1 unspecified atom stereocenters. The summed E-state index contributed by atoms with van der Waals surface area (Å²) < 4.78 is 0. The molecule has 0 radical (unpaired) electrons. The molecule has 0 aromatic rings. The number of carbonyl (C=O) groups excluding carboxylic acids is 1. The summed E-state index contributed by atoms with van der Waals surface area (Å²) in [6.45, 7) is 4.60. The van der Waals surface area contributed by atoms with Crippen molar-refractivity contribution >= 4 is 12.0 Å². The van der Waals surface area contributed by atoms with Gasteiger partial charge < -0.3 is 20.2 Å². The van der Waals surface area contributed by atoms with Crippen molar-refractivity contribution in [2.24, 2.45) is 5.92 Å². The smallest absolute Gasteiger partial charge is 0.317 e. The number of likely N-dealkylation sites (tertiary alicyclic amines) is 1. The van der Waals surface area contributed by atoms with Gasteiger partial charge >= 0.3 is 12.0 Å². The number of carboxylic acid groups (broad SMARTS) is 1. The molecule has 1 rings (SSSR count). The molecule has 0 aliphatic carbocycles. The number of carboxylic acids is 1. The molecule has 6 nitrogen and oxygen atoms in total. The first-order valence-corrected chi connectivity index (χ1v) is 6.80. The highest BCUT2D eigenvalue weighted by Crippen LogP contribution is 2.16. The van der Waals surface area contributed by atoms with Crippen LogP contribution in [0.25, 0.3) is 0 Å². The Labute approximate surface area is 114 Å². The van der Waals surface area contributed by atoms with Crippen LogP contribution in [0.15, 0.2) is 0 Å². The van der Waals surface area contributed by atoms with E-state index in [1.807, 2.05) is 0 Å². The van der Waals surface area contributed by atoms with Gasteiger partial charge in [0.1, 0.15) is 0 Å². The fourth-order valence-electron chi connectivity index (χ4n) is 2.35. The Morgan fingerprint density at radius 3 is 2.53 bits per heavy atom. The zero-order valence-corrected chi connectivity index (χ0v) is 12.1. The van der Waals surface area contributed by atoms with E-state index in [9.17, 15) is 9.59 Å². The molecule has 0 aromatic carbocycles. The molecule has 1 aliphatic heterocycles. The average molecular weight is 271 g/mol. The number of carbonyl (C=O) groups is 2. The van der Waals surface area contributed by atoms with Crippen LogP contribution in [-0.2, 0) is 4.79 Å². The number of hydrogen-bond donors (Lipinski definition) is 2. The van der Waals surface area contributed by atoms with Crippen LogP contribution >= 0.6 is 0 Å². The number of urea groups is 1. The highest BCUT2D eigenvalue weighted by atomic mass is 16.4. The maximum atomic E-state index is 11.9. The Kier molecular flexibility index (Phi) is 6.08. The second kappa shape index (κ2) is 7.33. The molecule has 2 amide bonds. The third-order valence-corrected chi connectivity index (χ3v) is 3.57. The van der Waals surface area contributed by atoms with Crippen molar-refractivity contribution in [2.45, 2.75) is 32.2 Å². The number of aliphatic carboxylic acids is 1. The van der Waals surface area contributed by atoms with E-state index in [1.54, 1.807) is 18.9 Å². The van der Waals surface area contributed by atoms with E-state index >= 15 is 0 Å². The van der Waals surface area contributed by atoms with Crippen LogP contribution in [0.1, 0.15) is 26.2 Å². The van der Waals surface area contributed by atoms with Crippen LogP contribution in [-0.4, -0.2) is 66.7 Å². The van der Waals surface area contributed by atoms with Crippen LogP contribution in [0.2, 0.25) is 0 Å². The molecule has 0 spiro atoms. The molecular formula is C13H25N3O3. The SMILES string of the molecule is CC(CC(=O)O)NC(=O)N(C)CC1CCN(C)CC1. The van der Waals surface area contributed by atoms with Crippen molar-refractivity contribution in [3.63, 3.8) is 0 Å². The molecule has 1 atom stereocenters. The molecule has 1 aliphatic rings. The van der Waals surface area contributed by atoms with Crippen LogP contribution in [0.4, 0.5) is 4.79 Å². The normalized spacial score (nSPS) is 18.9. The van der Waals surface area contributed by atoms with Gasteiger partial charge in [0, 0.05) is 19.6 Å². The lowest BCUT2D eigenvalue weighted by Gasteiger charge is -2.32. The molecule has 0 saturated carbocycles. The summed E-state index contributed by atoms with van der Waals surface area (Å²) in [5, 5.41) is 11.4. The van der Waals surface area contributed by atoms with Crippen LogP contribution in [0.5, 0.6) is 0 Å². The Morgan fingerprint density at radius 2 is 2.00 bits per heavy atom. The first-order valence-electron chi connectivity index (χ1n) is 6.80. The van der Waals surface area contributed by atoms with Crippen LogP contribution in [0, 0.1) is 5.92 Å². The number of hydrogen-bond acceptors (Lipinski definition) is 3. The molecule has 0 aromatic heterocycles. The number of piperidine rings is 1. The lowest BCUT2D eigenvalue weighted by molar-refractivity contribution is -0.137. The summed E-state index contributed by atoms with van der Waals surface area (Å²) >= 11 is 0. The minimum Gasteiger partial charge on any atom is -0.481 e. The molecule has 19 heavy (non-hydrogen) atoms. The zero-order valence-electron chi connectivity index (χ0n) is 12.1. The lowest BCUT2D eigenvalue weighted by Crippen LogP contribution is -2.45. The third kappa shape index (κ3) is 5.92. The van der Waals surface area contributed by atoms with Crippen molar-refractivity contribution in [1.29, 1.82) is 0 Å². The van der Waals surface area contributed by atoms with Gasteiger partial charge in [-0.3, -0.25) is 4.79 Å². The standard InChI is InChI=1S/C13H25N3O3/c1-10(8-12(17)18)14-13(19)16(3)9-11-4-6-15(2)7-5-11/h10-11H,4-9H2,1-3H3,(H,14,19)(H,17,18).